The number of nitriles is 1. The zero-order valence-corrected chi connectivity index (χ0v) is 13.3. The monoisotopic (exact) mass is 324 g/mol. The molecule has 0 saturated heterocycles. The lowest BCUT2D eigenvalue weighted by atomic mass is 9.82. The summed E-state index contributed by atoms with van der Waals surface area (Å²) in [6.45, 7) is 0. The number of aryl methyl sites for hydroxylation is 1. The van der Waals surface area contributed by atoms with Gasteiger partial charge in [0.2, 0.25) is 0 Å². The molecule has 1 aromatic carbocycles. The number of aromatic nitrogens is 1. The number of benzene rings is 1. The van der Waals surface area contributed by atoms with E-state index in [2.05, 4.69) is 35.3 Å². The fourth-order valence-electron chi connectivity index (χ4n) is 2.98. The summed E-state index contributed by atoms with van der Waals surface area (Å²) < 4.78 is 0. The van der Waals surface area contributed by atoms with Crippen molar-refractivity contribution in [2.24, 2.45) is 0 Å². The molecule has 0 fully saturated rings. The van der Waals surface area contributed by atoms with Gasteiger partial charge in [0.1, 0.15) is 11.1 Å². The number of carboxylic acids is 1. The fourth-order valence-corrected chi connectivity index (χ4v) is 3.67. The highest BCUT2D eigenvalue weighted by Gasteiger charge is 2.23. The number of hydrogen-bond donors (Lipinski definition) is 1. The van der Waals surface area contributed by atoms with Crippen LogP contribution in [0.3, 0.4) is 0 Å². The second kappa shape index (κ2) is 6.84. The Balaban J connectivity index is 1.86. The number of hydrogen-bond acceptors (Lipinski definition) is 4. The van der Waals surface area contributed by atoms with Crippen molar-refractivity contribution in [3.05, 3.63) is 58.8 Å². The van der Waals surface area contributed by atoms with Crippen molar-refractivity contribution in [3.8, 4) is 6.07 Å². The van der Waals surface area contributed by atoms with Crippen LogP contribution >= 0.6 is 11.8 Å². The normalized spacial score (nSPS) is 16.4. The topological polar surface area (TPSA) is 74.0 Å². The van der Waals surface area contributed by atoms with E-state index >= 15 is 0 Å². The highest BCUT2D eigenvalue weighted by atomic mass is 32.2. The molecule has 0 spiro atoms. The molecule has 1 aromatic heterocycles. The minimum Gasteiger partial charge on any atom is -0.481 e. The molecule has 3 rings (SSSR count). The Hall–Kier alpha value is -2.32. The van der Waals surface area contributed by atoms with Crippen LogP contribution < -0.4 is 0 Å². The van der Waals surface area contributed by atoms with Gasteiger partial charge in [-0.25, -0.2) is 4.98 Å². The molecule has 2 aromatic rings. The third-order valence-corrected chi connectivity index (χ3v) is 5.05. The van der Waals surface area contributed by atoms with Crippen LogP contribution in [-0.2, 0) is 17.6 Å². The molecule has 1 unspecified atom stereocenters. The average molecular weight is 324 g/mol. The van der Waals surface area contributed by atoms with E-state index in [0.717, 1.165) is 42.3 Å². The highest BCUT2D eigenvalue weighted by Crippen LogP contribution is 2.34. The smallest absolute Gasteiger partial charge is 0.313 e. The summed E-state index contributed by atoms with van der Waals surface area (Å²) in [5.41, 5.74) is 3.91. The lowest BCUT2D eigenvalue weighted by Crippen LogP contribution is -2.15. The molecule has 0 saturated carbocycles. The van der Waals surface area contributed by atoms with E-state index < -0.39 is 5.97 Å². The zero-order valence-electron chi connectivity index (χ0n) is 12.5. The van der Waals surface area contributed by atoms with E-state index in [4.69, 9.17) is 5.11 Å². The minimum absolute atomic E-state index is 0.0763. The van der Waals surface area contributed by atoms with E-state index in [1.54, 1.807) is 0 Å². The van der Waals surface area contributed by atoms with Crippen molar-refractivity contribution >= 4 is 17.7 Å². The van der Waals surface area contributed by atoms with E-state index in [1.165, 1.54) is 5.56 Å². The van der Waals surface area contributed by atoms with Crippen molar-refractivity contribution in [3.63, 3.8) is 0 Å². The van der Waals surface area contributed by atoms with Gasteiger partial charge < -0.3 is 5.11 Å². The summed E-state index contributed by atoms with van der Waals surface area (Å²) in [6.07, 6.45) is 2.77. The zero-order chi connectivity index (χ0) is 16.2. The molecule has 0 bridgehead atoms. The molecular weight excluding hydrogens is 308 g/mol. The highest BCUT2D eigenvalue weighted by molar-refractivity contribution is 7.99. The van der Waals surface area contributed by atoms with Crippen LogP contribution in [0.2, 0.25) is 0 Å². The molecule has 1 aliphatic rings. The summed E-state index contributed by atoms with van der Waals surface area (Å²) in [6, 6.07) is 14.4. The van der Waals surface area contributed by atoms with Gasteiger partial charge >= 0.3 is 5.97 Å². The molecule has 5 heteroatoms. The van der Waals surface area contributed by atoms with E-state index in [1.807, 2.05) is 12.1 Å². The van der Waals surface area contributed by atoms with Crippen molar-refractivity contribution in [1.29, 1.82) is 5.26 Å². The second-order valence-electron chi connectivity index (χ2n) is 5.59. The molecule has 0 amide bonds. The van der Waals surface area contributed by atoms with Crippen molar-refractivity contribution < 1.29 is 9.90 Å². The van der Waals surface area contributed by atoms with Crippen molar-refractivity contribution in [2.45, 2.75) is 30.2 Å². The van der Waals surface area contributed by atoms with Gasteiger partial charge in [0.05, 0.1) is 11.3 Å². The molecule has 4 nitrogen and oxygen atoms in total. The maximum absolute atomic E-state index is 10.7. The maximum Gasteiger partial charge on any atom is 0.313 e. The fraction of sp³-hybridized carbons (Fsp3) is 0.278. The van der Waals surface area contributed by atoms with E-state index in [-0.39, 0.29) is 5.75 Å². The quantitative estimate of drug-likeness (QED) is 0.873. The number of rotatable bonds is 4. The van der Waals surface area contributed by atoms with Crippen LogP contribution in [0.1, 0.15) is 34.7 Å². The molecule has 1 heterocycles. The Morgan fingerprint density at radius 1 is 1.39 bits per heavy atom. The summed E-state index contributed by atoms with van der Waals surface area (Å²) >= 11 is 1.12. The van der Waals surface area contributed by atoms with Crippen molar-refractivity contribution in [1.82, 2.24) is 4.98 Å². The predicted molar refractivity (Wildman–Crippen MR) is 88.5 cm³/mol. The third-order valence-electron chi connectivity index (χ3n) is 4.08. The molecular formula is C18H16N2O2S. The number of carbonyl (C=O) groups is 1. The van der Waals surface area contributed by atoms with Gasteiger partial charge in [-0.3, -0.25) is 4.79 Å². The Kier molecular flexibility index (Phi) is 4.63. The van der Waals surface area contributed by atoms with Gasteiger partial charge in [-0.1, -0.05) is 42.1 Å². The lowest BCUT2D eigenvalue weighted by Gasteiger charge is -2.25. The molecule has 116 valence electrons. The summed E-state index contributed by atoms with van der Waals surface area (Å²) in [5, 5.41) is 18.7. The molecule has 1 aliphatic carbocycles. The van der Waals surface area contributed by atoms with Gasteiger partial charge in [0.15, 0.2) is 0 Å². The van der Waals surface area contributed by atoms with Crippen LogP contribution in [0.25, 0.3) is 0 Å². The Morgan fingerprint density at radius 2 is 2.17 bits per heavy atom. The van der Waals surface area contributed by atoms with Crippen LogP contribution in [0, 0.1) is 11.3 Å². The lowest BCUT2D eigenvalue weighted by molar-refractivity contribution is -0.133. The van der Waals surface area contributed by atoms with Gasteiger partial charge in [-0.15, -0.1) is 0 Å². The molecule has 1 N–H and O–H groups in total. The van der Waals surface area contributed by atoms with Gasteiger partial charge in [-0.05, 0) is 42.4 Å². The maximum atomic E-state index is 10.7. The molecule has 23 heavy (non-hydrogen) atoms. The summed E-state index contributed by atoms with van der Waals surface area (Å²) in [4.78, 5) is 15.3. The van der Waals surface area contributed by atoms with Gasteiger partial charge in [0.25, 0.3) is 0 Å². The molecule has 0 radical (unpaired) electrons. The Bertz CT molecular complexity index is 769. The van der Waals surface area contributed by atoms with Crippen LogP contribution in [0.5, 0.6) is 0 Å². The first-order valence-electron chi connectivity index (χ1n) is 7.50. The second-order valence-corrected chi connectivity index (χ2v) is 6.56. The Morgan fingerprint density at radius 3 is 2.87 bits per heavy atom. The SMILES string of the molecule is N#Cc1cc2c(nc1SCC(=O)O)CCC(c1ccccc1)C2. The Labute approximate surface area is 139 Å². The average Bonchev–Trinajstić information content (AvgIpc) is 2.59. The standard InChI is InChI=1S/C18H16N2O2S/c19-10-15-9-14-8-13(12-4-2-1-3-5-12)6-7-16(14)20-18(15)23-11-17(21)22/h1-5,9,13H,6-8,11H2,(H,21,22). The van der Waals surface area contributed by atoms with Crippen LogP contribution in [0.15, 0.2) is 41.4 Å². The van der Waals surface area contributed by atoms with Crippen LogP contribution in [0.4, 0.5) is 0 Å². The first-order chi connectivity index (χ1) is 11.2. The first kappa shape index (κ1) is 15.6. The summed E-state index contributed by atoms with van der Waals surface area (Å²) in [7, 11) is 0. The van der Waals surface area contributed by atoms with Gasteiger partial charge in [-0.2, -0.15) is 5.26 Å². The first-order valence-corrected chi connectivity index (χ1v) is 8.48. The number of thioether (sulfide) groups is 1. The molecule has 0 aliphatic heterocycles. The van der Waals surface area contributed by atoms with E-state index in [9.17, 15) is 10.1 Å². The number of pyridine rings is 1. The third kappa shape index (κ3) is 3.54. The summed E-state index contributed by atoms with van der Waals surface area (Å²) in [5.74, 6) is -0.523. The largest absolute Gasteiger partial charge is 0.481 e. The predicted octanol–water partition coefficient (Wildman–Crippen LogP) is 3.40. The van der Waals surface area contributed by atoms with Crippen molar-refractivity contribution in [2.75, 3.05) is 5.75 Å². The molecule has 1 atom stereocenters. The minimum atomic E-state index is -0.900. The van der Waals surface area contributed by atoms with E-state index in [0.29, 0.717) is 16.5 Å². The number of aliphatic carboxylic acids is 1. The van der Waals surface area contributed by atoms with Gasteiger partial charge in [0, 0.05) is 5.69 Å². The number of carboxylic acid groups (broad SMARTS) is 1. The number of fused-ring (bicyclic) bond motifs is 1. The number of nitrogens with zero attached hydrogens (tertiary/aromatic N) is 2. The van der Waals surface area contributed by atoms with Crippen LogP contribution in [-0.4, -0.2) is 21.8 Å².